The van der Waals surface area contributed by atoms with Crippen molar-refractivity contribution in [2.45, 2.75) is 18.7 Å². The monoisotopic (exact) mass is 388 g/mol. The van der Waals surface area contributed by atoms with Crippen molar-refractivity contribution < 1.29 is 0 Å². The number of nitrogens with one attached hydrogen (secondary N) is 1. The van der Waals surface area contributed by atoms with E-state index in [0.717, 1.165) is 43.9 Å². The number of hydrogen-bond donors (Lipinski definition) is 1. The third-order valence-electron chi connectivity index (χ3n) is 4.47. The van der Waals surface area contributed by atoms with Crippen LogP contribution in [0.5, 0.6) is 0 Å². The van der Waals surface area contributed by atoms with Gasteiger partial charge in [-0.3, -0.25) is 0 Å². The lowest BCUT2D eigenvalue weighted by atomic mass is 10.0. The molecule has 2 aromatic carbocycles. The zero-order valence-corrected chi connectivity index (χ0v) is 16.5. The molecule has 1 N–H and O–H groups in total. The molecule has 4 nitrogen and oxygen atoms in total. The van der Waals surface area contributed by atoms with E-state index in [1.165, 1.54) is 16.7 Å². The number of benzene rings is 2. The van der Waals surface area contributed by atoms with Gasteiger partial charge < -0.3 is 5.32 Å². The molecule has 2 aromatic heterocycles. The Morgan fingerprint density at radius 1 is 1.04 bits per heavy atom. The lowest BCUT2D eigenvalue weighted by molar-refractivity contribution is 1.23. The quantitative estimate of drug-likeness (QED) is 0.329. The average molecular weight is 389 g/mol. The van der Waals surface area contributed by atoms with Crippen LogP contribution in [-0.2, 0) is 0 Å². The summed E-state index contributed by atoms with van der Waals surface area (Å²) in [6, 6.07) is 14.3. The molecule has 6 heteroatoms. The van der Waals surface area contributed by atoms with E-state index < -0.39 is 0 Å². The van der Waals surface area contributed by atoms with Gasteiger partial charge in [0.1, 0.15) is 22.4 Å². The van der Waals surface area contributed by atoms with Crippen molar-refractivity contribution >= 4 is 44.8 Å². The first-order chi connectivity index (χ1) is 13.2. The fourth-order valence-corrected chi connectivity index (χ4v) is 4.18. The summed E-state index contributed by atoms with van der Waals surface area (Å²) >= 11 is 2.77. The van der Waals surface area contributed by atoms with Gasteiger partial charge in [-0.2, -0.15) is 5.26 Å². The highest BCUT2D eigenvalue weighted by Gasteiger charge is 2.14. The Morgan fingerprint density at radius 2 is 1.85 bits per heavy atom. The fourth-order valence-electron chi connectivity index (χ4n) is 2.89. The lowest BCUT2D eigenvalue weighted by Crippen LogP contribution is -1.95. The minimum atomic E-state index is 0.787. The summed E-state index contributed by atoms with van der Waals surface area (Å²) in [5, 5.41) is 17.4. The van der Waals surface area contributed by atoms with E-state index in [1.807, 2.05) is 24.3 Å². The van der Waals surface area contributed by atoms with Crippen molar-refractivity contribution in [3.05, 3.63) is 65.3 Å². The van der Waals surface area contributed by atoms with E-state index in [-0.39, 0.29) is 0 Å². The highest BCUT2D eigenvalue weighted by atomic mass is 32.2. The number of thioether (sulfide) groups is 1. The number of nitriles is 1. The van der Waals surface area contributed by atoms with Gasteiger partial charge in [-0.15, -0.1) is 11.3 Å². The van der Waals surface area contributed by atoms with Gasteiger partial charge in [-0.25, -0.2) is 9.97 Å². The molecule has 0 amide bonds. The molecule has 132 valence electrons. The molecule has 0 aliphatic carbocycles. The SMILES string of the molecule is Cc1ccc(-c2csc3ncnc(Nc4ccc(SC#N)cc4)c23)cc1C. The number of rotatable bonds is 4. The second kappa shape index (κ2) is 7.39. The van der Waals surface area contributed by atoms with Crippen LogP contribution in [0.25, 0.3) is 21.3 Å². The zero-order chi connectivity index (χ0) is 18.8. The maximum Gasteiger partial charge on any atom is 0.143 e. The smallest absolute Gasteiger partial charge is 0.143 e. The lowest BCUT2D eigenvalue weighted by Gasteiger charge is -2.10. The molecular formula is C21H16N4S2. The number of fused-ring (bicyclic) bond motifs is 1. The number of thiocyanates is 1. The van der Waals surface area contributed by atoms with Gasteiger partial charge in [0.2, 0.25) is 0 Å². The maximum atomic E-state index is 8.78. The van der Waals surface area contributed by atoms with E-state index in [2.05, 4.69) is 58.1 Å². The van der Waals surface area contributed by atoms with Crippen LogP contribution in [0.1, 0.15) is 11.1 Å². The van der Waals surface area contributed by atoms with Crippen LogP contribution in [0.15, 0.2) is 59.1 Å². The molecule has 0 unspecified atom stereocenters. The molecule has 0 spiro atoms. The van der Waals surface area contributed by atoms with Crippen LogP contribution in [-0.4, -0.2) is 9.97 Å². The summed E-state index contributed by atoms with van der Waals surface area (Å²) in [6.45, 7) is 4.25. The third-order valence-corrected chi connectivity index (χ3v) is 5.95. The van der Waals surface area contributed by atoms with Gasteiger partial charge in [-0.05, 0) is 66.6 Å². The summed E-state index contributed by atoms with van der Waals surface area (Å²) in [5.74, 6) is 0.787. The normalized spacial score (nSPS) is 10.7. The third kappa shape index (κ3) is 3.52. The summed E-state index contributed by atoms with van der Waals surface area (Å²) in [4.78, 5) is 10.8. The van der Waals surface area contributed by atoms with Gasteiger partial charge >= 0.3 is 0 Å². The molecule has 2 heterocycles. The maximum absolute atomic E-state index is 8.78. The predicted octanol–water partition coefficient (Wildman–Crippen LogP) is 6.29. The molecule has 0 fully saturated rings. The Hall–Kier alpha value is -2.88. The molecule has 0 aliphatic heterocycles. The van der Waals surface area contributed by atoms with Crippen LogP contribution >= 0.6 is 23.1 Å². The van der Waals surface area contributed by atoms with E-state index in [4.69, 9.17) is 5.26 Å². The van der Waals surface area contributed by atoms with Gasteiger partial charge in [0, 0.05) is 21.5 Å². The van der Waals surface area contributed by atoms with E-state index in [9.17, 15) is 0 Å². The summed E-state index contributed by atoms with van der Waals surface area (Å²) in [6.07, 6.45) is 1.59. The van der Waals surface area contributed by atoms with Crippen molar-refractivity contribution in [1.82, 2.24) is 9.97 Å². The number of thiophene rings is 1. The van der Waals surface area contributed by atoms with Crippen molar-refractivity contribution in [3.63, 3.8) is 0 Å². The van der Waals surface area contributed by atoms with Gasteiger partial charge in [-0.1, -0.05) is 18.2 Å². The van der Waals surface area contributed by atoms with Crippen LogP contribution in [0.3, 0.4) is 0 Å². The van der Waals surface area contributed by atoms with Crippen LogP contribution in [0.4, 0.5) is 11.5 Å². The second-order valence-corrected chi connectivity index (χ2v) is 7.91. The van der Waals surface area contributed by atoms with Crippen molar-refractivity contribution in [3.8, 4) is 16.5 Å². The Balaban J connectivity index is 1.76. The number of anilines is 2. The molecular weight excluding hydrogens is 372 g/mol. The van der Waals surface area contributed by atoms with Gasteiger partial charge in [0.05, 0.1) is 5.39 Å². The van der Waals surface area contributed by atoms with E-state index in [0.29, 0.717) is 0 Å². The first-order valence-corrected chi connectivity index (χ1v) is 10.1. The minimum absolute atomic E-state index is 0.787. The number of aromatic nitrogens is 2. The van der Waals surface area contributed by atoms with Crippen LogP contribution in [0, 0.1) is 24.5 Å². The summed E-state index contributed by atoms with van der Waals surface area (Å²) in [5.41, 5.74) is 5.78. The topological polar surface area (TPSA) is 61.6 Å². The van der Waals surface area contributed by atoms with Crippen molar-refractivity contribution in [2.24, 2.45) is 0 Å². The van der Waals surface area contributed by atoms with Crippen LogP contribution in [0.2, 0.25) is 0 Å². The molecule has 0 bridgehead atoms. The Kier molecular flexibility index (Phi) is 4.80. The summed E-state index contributed by atoms with van der Waals surface area (Å²) < 4.78 is 0. The highest BCUT2D eigenvalue weighted by molar-refractivity contribution is 8.03. The van der Waals surface area contributed by atoms with Crippen LogP contribution < -0.4 is 5.32 Å². The molecule has 27 heavy (non-hydrogen) atoms. The largest absolute Gasteiger partial charge is 0.340 e. The Labute approximate surface area is 165 Å². The molecule has 0 atom stereocenters. The molecule has 0 saturated heterocycles. The van der Waals surface area contributed by atoms with Gasteiger partial charge in [0.25, 0.3) is 0 Å². The van der Waals surface area contributed by atoms with E-state index in [1.54, 1.807) is 17.7 Å². The minimum Gasteiger partial charge on any atom is -0.340 e. The molecule has 0 aliphatic rings. The molecule has 0 radical (unpaired) electrons. The predicted molar refractivity (Wildman–Crippen MR) is 114 cm³/mol. The average Bonchev–Trinajstić information content (AvgIpc) is 3.11. The number of aryl methyl sites for hydroxylation is 2. The molecule has 4 aromatic rings. The van der Waals surface area contributed by atoms with E-state index >= 15 is 0 Å². The standard InChI is InChI=1S/C21H16N4S2/c1-13-3-4-15(9-14(13)2)18-10-26-21-19(18)20(23-12-24-21)25-16-5-7-17(8-6-16)27-11-22/h3-10,12H,1-2H3,(H,23,24,25). The fraction of sp³-hybridized carbons (Fsp3) is 0.0952. The summed E-state index contributed by atoms with van der Waals surface area (Å²) in [7, 11) is 0. The second-order valence-electron chi connectivity index (χ2n) is 6.19. The number of hydrogen-bond acceptors (Lipinski definition) is 6. The van der Waals surface area contributed by atoms with Crippen molar-refractivity contribution in [2.75, 3.05) is 5.32 Å². The van der Waals surface area contributed by atoms with Gasteiger partial charge in [0.15, 0.2) is 0 Å². The number of nitrogens with zero attached hydrogens (tertiary/aromatic N) is 3. The zero-order valence-electron chi connectivity index (χ0n) is 14.9. The Bertz CT molecular complexity index is 1160. The first-order valence-electron chi connectivity index (χ1n) is 8.38. The molecule has 4 rings (SSSR count). The van der Waals surface area contributed by atoms with Crippen molar-refractivity contribution in [1.29, 1.82) is 5.26 Å². The molecule has 0 saturated carbocycles. The first kappa shape index (κ1) is 17.5. The highest BCUT2D eigenvalue weighted by Crippen LogP contribution is 2.38. The Morgan fingerprint density at radius 3 is 2.59 bits per heavy atom.